The van der Waals surface area contributed by atoms with Gasteiger partial charge in [0.1, 0.15) is 0 Å². The molecule has 0 bridgehead atoms. The highest BCUT2D eigenvalue weighted by Gasteiger charge is 2.06. The zero-order valence-corrected chi connectivity index (χ0v) is 11.3. The summed E-state index contributed by atoms with van der Waals surface area (Å²) in [4.78, 5) is 0. The molecule has 96 valence electrons. The van der Waals surface area contributed by atoms with Crippen LogP contribution in [0.15, 0.2) is 24.3 Å². The Morgan fingerprint density at radius 1 is 1.29 bits per heavy atom. The van der Waals surface area contributed by atoms with Gasteiger partial charge in [-0.25, -0.2) is 8.42 Å². The highest BCUT2D eigenvalue weighted by atomic mass is 32.2. The number of hydrogen-bond acceptors (Lipinski definition) is 3. The van der Waals surface area contributed by atoms with Gasteiger partial charge in [-0.3, -0.25) is 4.72 Å². The monoisotopic (exact) mass is 256 g/mol. The van der Waals surface area contributed by atoms with Gasteiger partial charge in [-0.1, -0.05) is 26.0 Å². The molecule has 0 heterocycles. The van der Waals surface area contributed by atoms with E-state index in [0.717, 1.165) is 12.1 Å². The predicted octanol–water partition coefficient (Wildman–Crippen LogP) is 1.95. The highest BCUT2D eigenvalue weighted by molar-refractivity contribution is 7.92. The summed E-state index contributed by atoms with van der Waals surface area (Å²) in [6.07, 6.45) is 0. The van der Waals surface area contributed by atoms with E-state index in [9.17, 15) is 8.42 Å². The van der Waals surface area contributed by atoms with Crippen molar-refractivity contribution in [1.82, 2.24) is 5.32 Å². The van der Waals surface area contributed by atoms with Crippen LogP contribution in [-0.2, 0) is 16.6 Å². The van der Waals surface area contributed by atoms with Gasteiger partial charge in [0.05, 0.1) is 5.75 Å². The summed E-state index contributed by atoms with van der Waals surface area (Å²) >= 11 is 0. The Morgan fingerprint density at radius 3 is 2.59 bits per heavy atom. The smallest absolute Gasteiger partial charge is 0.232 e. The largest absolute Gasteiger partial charge is 0.310 e. The first-order chi connectivity index (χ1) is 7.93. The van der Waals surface area contributed by atoms with E-state index in [1.54, 1.807) is 13.0 Å². The Morgan fingerprint density at radius 2 is 2.00 bits per heavy atom. The van der Waals surface area contributed by atoms with E-state index < -0.39 is 10.0 Å². The molecule has 0 aliphatic carbocycles. The van der Waals surface area contributed by atoms with Crippen LogP contribution in [-0.4, -0.2) is 20.2 Å². The van der Waals surface area contributed by atoms with Crippen LogP contribution < -0.4 is 10.0 Å². The average Bonchev–Trinajstić information content (AvgIpc) is 2.26. The van der Waals surface area contributed by atoms with Crippen molar-refractivity contribution in [1.29, 1.82) is 0 Å². The van der Waals surface area contributed by atoms with Crippen molar-refractivity contribution in [3.63, 3.8) is 0 Å². The molecule has 2 N–H and O–H groups in total. The molecule has 0 atom stereocenters. The molecule has 0 radical (unpaired) electrons. The van der Waals surface area contributed by atoms with Crippen molar-refractivity contribution in [2.45, 2.75) is 33.4 Å². The van der Waals surface area contributed by atoms with Crippen LogP contribution in [0, 0.1) is 0 Å². The molecule has 0 saturated heterocycles. The SMILES string of the molecule is CCS(=O)(=O)Nc1cccc(CNC(C)C)c1. The van der Waals surface area contributed by atoms with Crippen molar-refractivity contribution in [3.05, 3.63) is 29.8 Å². The van der Waals surface area contributed by atoms with Crippen molar-refractivity contribution in [2.75, 3.05) is 10.5 Å². The summed E-state index contributed by atoms with van der Waals surface area (Å²) < 4.78 is 25.4. The molecule has 0 saturated carbocycles. The quantitative estimate of drug-likeness (QED) is 0.818. The minimum Gasteiger partial charge on any atom is -0.310 e. The summed E-state index contributed by atoms with van der Waals surface area (Å²) in [6, 6.07) is 7.84. The number of hydrogen-bond donors (Lipinski definition) is 2. The van der Waals surface area contributed by atoms with Crippen molar-refractivity contribution in [2.24, 2.45) is 0 Å². The van der Waals surface area contributed by atoms with Gasteiger partial charge in [-0.2, -0.15) is 0 Å². The van der Waals surface area contributed by atoms with E-state index in [0.29, 0.717) is 11.7 Å². The second-order valence-electron chi connectivity index (χ2n) is 4.24. The molecule has 0 unspecified atom stereocenters. The van der Waals surface area contributed by atoms with Gasteiger partial charge >= 0.3 is 0 Å². The average molecular weight is 256 g/mol. The minimum absolute atomic E-state index is 0.0848. The van der Waals surface area contributed by atoms with Gasteiger partial charge in [0.25, 0.3) is 0 Å². The molecule has 0 fully saturated rings. The van der Waals surface area contributed by atoms with Gasteiger partial charge in [0, 0.05) is 18.3 Å². The second-order valence-corrected chi connectivity index (χ2v) is 6.25. The topological polar surface area (TPSA) is 58.2 Å². The number of sulfonamides is 1. The predicted molar refractivity (Wildman–Crippen MR) is 71.5 cm³/mol. The van der Waals surface area contributed by atoms with Crippen LogP contribution in [0.25, 0.3) is 0 Å². The first kappa shape index (κ1) is 14.0. The summed E-state index contributed by atoms with van der Waals surface area (Å²) in [6.45, 7) is 6.50. The maximum absolute atomic E-state index is 11.4. The molecule has 0 amide bonds. The lowest BCUT2D eigenvalue weighted by molar-refractivity contribution is 0.589. The van der Waals surface area contributed by atoms with Crippen LogP contribution in [0.2, 0.25) is 0 Å². The second kappa shape index (κ2) is 6.02. The van der Waals surface area contributed by atoms with Gasteiger partial charge in [-0.05, 0) is 24.6 Å². The first-order valence-corrected chi connectivity index (χ1v) is 7.41. The van der Waals surface area contributed by atoms with Crippen molar-refractivity contribution in [3.8, 4) is 0 Å². The summed E-state index contributed by atoms with van der Waals surface area (Å²) in [5.41, 5.74) is 1.69. The van der Waals surface area contributed by atoms with Crippen LogP contribution >= 0.6 is 0 Å². The molecule has 0 aliphatic heterocycles. The third-order valence-electron chi connectivity index (χ3n) is 2.29. The number of benzene rings is 1. The fraction of sp³-hybridized carbons (Fsp3) is 0.500. The molecular formula is C12H20N2O2S. The fourth-order valence-electron chi connectivity index (χ4n) is 1.32. The van der Waals surface area contributed by atoms with E-state index in [2.05, 4.69) is 23.9 Å². The van der Waals surface area contributed by atoms with Crippen molar-refractivity contribution < 1.29 is 8.42 Å². The molecule has 0 aliphatic rings. The summed E-state index contributed by atoms with van der Waals surface area (Å²) in [5.74, 6) is 0.0848. The molecular weight excluding hydrogens is 236 g/mol. The molecule has 17 heavy (non-hydrogen) atoms. The first-order valence-electron chi connectivity index (χ1n) is 5.76. The number of nitrogens with one attached hydrogen (secondary N) is 2. The standard InChI is InChI=1S/C12H20N2O2S/c1-4-17(15,16)14-12-7-5-6-11(8-12)9-13-10(2)3/h5-8,10,13-14H,4,9H2,1-3H3. The molecule has 5 heteroatoms. The molecule has 1 aromatic carbocycles. The Hall–Kier alpha value is -1.07. The lowest BCUT2D eigenvalue weighted by Gasteiger charge is -2.10. The van der Waals surface area contributed by atoms with Gasteiger partial charge in [0.15, 0.2) is 0 Å². The maximum atomic E-state index is 11.4. The Bertz CT molecular complexity index is 455. The normalized spacial score (nSPS) is 11.8. The van der Waals surface area contributed by atoms with Crippen LogP contribution in [0.3, 0.4) is 0 Å². The molecule has 1 rings (SSSR count). The van der Waals surface area contributed by atoms with Gasteiger partial charge in [-0.15, -0.1) is 0 Å². The van der Waals surface area contributed by atoms with Crippen LogP contribution in [0.1, 0.15) is 26.3 Å². The fourth-order valence-corrected chi connectivity index (χ4v) is 1.95. The van der Waals surface area contributed by atoms with E-state index in [1.807, 2.05) is 18.2 Å². The molecule has 1 aromatic rings. The van der Waals surface area contributed by atoms with E-state index in [-0.39, 0.29) is 5.75 Å². The summed E-state index contributed by atoms with van der Waals surface area (Å²) in [7, 11) is -3.19. The maximum Gasteiger partial charge on any atom is 0.232 e. The lowest BCUT2D eigenvalue weighted by atomic mass is 10.2. The Balaban J connectivity index is 2.72. The van der Waals surface area contributed by atoms with Gasteiger partial charge in [0.2, 0.25) is 10.0 Å². The van der Waals surface area contributed by atoms with E-state index in [1.165, 1.54) is 0 Å². The zero-order valence-electron chi connectivity index (χ0n) is 10.5. The molecule has 0 spiro atoms. The van der Waals surface area contributed by atoms with E-state index >= 15 is 0 Å². The third-order valence-corrected chi connectivity index (χ3v) is 3.60. The Kier molecular flexibility index (Phi) is 4.96. The minimum atomic E-state index is -3.19. The van der Waals surface area contributed by atoms with Crippen molar-refractivity contribution >= 4 is 15.7 Å². The van der Waals surface area contributed by atoms with Gasteiger partial charge < -0.3 is 5.32 Å². The van der Waals surface area contributed by atoms with Crippen LogP contribution in [0.5, 0.6) is 0 Å². The lowest BCUT2D eigenvalue weighted by Crippen LogP contribution is -2.22. The Labute approximate surface area is 103 Å². The van der Waals surface area contributed by atoms with Crippen LogP contribution in [0.4, 0.5) is 5.69 Å². The summed E-state index contributed by atoms with van der Waals surface area (Å²) in [5, 5.41) is 3.29. The molecule has 4 nitrogen and oxygen atoms in total. The third kappa shape index (κ3) is 5.19. The van der Waals surface area contributed by atoms with E-state index in [4.69, 9.17) is 0 Å². The number of rotatable bonds is 6. The zero-order chi connectivity index (χ0) is 12.9. The molecule has 0 aromatic heterocycles. The number of anilines is 1. The highest BCUT2D eigenvalue weighted by Crippen LogP contribution is 2.12.